The molecule has 4 rings (SSSR count). The van der Waals surface area contributed by atoms with Gasteiger partial charge >= 0.3 is 0 Å². The van der Waals surface area contributed by atoms with Crippen molar-refractivity contribution in [3.05, 3.63) is 76.5 Å². The molecule has 0 saturated carbocycles. The fourth-order valence-corrected chi connectivity index (χ4v) is 3.78. The van der Waals surface area contributed by atoms with Crippen LogP contribution in [0.15, 0.2) is 60.2 Å². The first-order valence-corrected chi connectivity index (χ1v) is 9.56. The first-order chi connectivity index (χ1) is 13.7. The van der Waals surface area contributed by atoms with Crippen molar-refractivity contribution in [2.24, 2.45) is 5.73 Å². The van der Waals surface area contributed by atoms with E-state index in [2.05, 4.69) is 20.6 Å². The smallest absolute Gasteiger partial charge is 0.264 e. The number of nitrogens with one attached hydrogen (secondary N) is 3. The predicted molar refractivity (Wildman–Crippen MR) is 109 cm³/mol. The number of hydrogen-bond donors (Lipinski definition) is 4. The fraction of sp³-hybridized carbons (Fsp3) is 0.100. The highest BCUT2D eigenvalue weighted by Crippen LogP contribution is 2.30. The average Bonchev–Trinajstić information content (AvgIpc) is 3.35. The van der Waals surface area contributed by atoms with Crippen molar-refractivity contribution >= 4 is 39.7 Å². The van der Waals surface area contributed by atoms with Crippen molar-refractivity contribution in [1.82, 2.24) is 15.3 Å². The summed E-state index contributed by atoms with van der Waals surface area (Å²) in [6, 6.07) is 11.2. The van der Waals surface area contributed by atoms with Gasteiger partial charge in [0.2, 0.25) is 0 Å². The van der Waals surface area contributed by atoms with Crippen LogP contribution in [0.1, 0.15) is 21.3 Å². The molecule has 0 spiro atoms. The normalized spacial score (nSPS) is 12.1. The molecule has 6 nitrogen and oxygen atoms in total. The van der Waals surface area contributed by atoms with Crippen molar-refractivity contribution in [2.45, 2.75) is 6.04 Å². The summed E-state index contributed by atoms with van der Waals surface area (Å²) in [5.74, 6) is -0.631. The van der Waals surface area contributed by atoms with Crippen molar-refractivity contribution in [3.63, 3.8) is 0 Å². The number of carbonyl (C=O) groups excluding carboxylic acids is 1. The molecule has 3 aromatic heterocycles. The Kier molecular flexibility index (Phi) is 5.05. The first kappa shape index (κ1) is 18.1. The Morgan fingerprint density at radius 3 is 2.96 bits per heavy atom. The van der Waals surface area contributed by atoms with Crippen LogP contribution in [0.3, 0.4) is 0 Å². The van der Waals surface area contributed by atoms with Gasteiger partial charge in [0.25, 0.3) is 5.91 Å². The van der Waals surface area contributed by atoms with Gasteiger partial charge in [-0.25, -0.2) is 9.37 Å². The molecule has 0 fully saturated rings. The number of amides is 1. The molecule has 8 heteroatoms. The number of aromatic nitrogens is 2. The highest BCUT2D eigenvalue weighted by atomic mass is 32.1. The second-order valence-corrected chi connectivity index (χ2v) is 7.12. The lowest BCUT2D eigenvalue weighted by atomic mass is 10.1. The fourth-order valence-electron chi connectivity index (χ4n) is 3.02. The molecule has 4 aromatic rings. The number of H-pyrrole nitrogens is 1. The highest BCUT2D eigenvalue weighted by molar-refractivity contribution is 7.12. The lowest BCUT2D eigenvalue weighted by molar-refractivity contribution is 0.0942. The van der Waals surface area contributed by atoms with Crippen LogP contribution in [-0.2, 0) is 0 Å². The van der Waals surface area contributed by atoms with E-state index in [0.717, 1.165) is 16.7 Å². The van der Waals surface area contributed by atoms with E-state index >= 15 is 0 Å². The SMILES string of the molecule is NCC(NC(=O)c1sccc1Nc1ccnc2[nH]ccc12)c1cccc(F)c1. The van der Waals surface area contributed by atoms with Crippen molar-refractivity contribution in [1.29, 1.82) is 0 Å². The van der Waals surface area contributed by atoms with E-state index in [4.69, 9.17) is 5.73 Å². The van der Waals surface area contributed by atoms with Crippen molar-refractivity contribution in [3.8, 4) is 0 Å². The number of thiophene rings is 1. The summed E-state index contributed by atoms with van der Waals surface area (Å²) in [7, 11) is 0. The number of halogens is 1. The van der Waals surface area contributed by atoms with E-state index < -0.39 is 6.04 Å². The molecule has 0 aliphatic heterocycles. The van der Waals surface area contributed by atoms with Crippen molar-refractivity contribution in [2.75, 3.05) is 11.9 Å². The number of nitrogens with two attached hydrogens (primary N) is 1. The molecule has 0 bridgehead atoms. The molecule has 3 heterocycles. The van der Waals surface area contributed by atoms with Crippen LogP contribution in [-0.4, -0.2) is 22.4 Å². The number of benzene rings is 1. The Labute approximate surface area is 164 Å². The summed E-state index contributed by atoms with van der Waals surface area (Å²) in [5.41, 5.74) is 8.74. The molecule has 0 aliphatic rings. The lowest BCUT2D eigenvalue weighted by Crippen LogP contribution is -2.33. The molecule has 0 radical (unpaired) electrons. The summed E-state index contributed by atoms with van der Waals surface area (Å²) in [5, 5.41) is 8.96. The molecule has 28 heavy (non-hydrogen) atoms. The van der Waals surface area contributed by atoms with Gasteiger partial charge in [-0.3, -0.25) is 4.79 Å². The third-order valence-corrected chi connectivity index (χ3v) is 5.31. The van der Waals surface area contributed by atoms with Crippen LogP contribution in [0.4, 0.5) is 15.8 Å². The molecular weight excluding hydrogens is 377 g/mol. The largest absolute Gasteiger partial charge is 0.354 e. The number of nitrogens with zero attached hydrogens (tertiary/aromatic N) is 1. The van der Waals surface area contributed by atoms with E-state index in [0.29, 0.717) is 16.1 Å². The summed E-state index contributed by atoms with van der Waals surface area (Å²) in [4.78, 5) is 20.7. The second-order valence-electron chi connectivity index (χ2n) is 6.20. The maximum absolute atomic E-state index is 13.5. The molecule has 142 valence electrons. The van der Waals surface area contributed by atoms with Gasteiger partial charge in [0, 0.05) is 24.3 Å². The maximum atomic E-state index is 13.5. The number of pyridine rings is 1. The minimum atomic E-state index is -0.476. The molecule has 1 atom stereocenters. The zero-order valence-electron chi connectivity index (χ0n) is 14.8. The average molecular weight is 395 g/mol. The Morgan fingerprint density at radius 1 is 1.25 bits per heavy atom. The van der Waals surface area contributed by atoms with Gasteiger partial charge < -0.3 is 21.4 Å². The van der Waals surface area contributed by atoms with Crippen LogP contribution in [0, 0.1) is 5.82 Å². The van der Waals surface area contributed by atoms with Gasteiger partial charge in [-0.2, -0.15) is 0 Å². The minimum absolute atomic E-state index is 0.164. The summed E-state index contributed by atoms with van der Waals surface area (Å²) < 4.78 is 13.5. The van der Waals surface area contributed by atoms with Crippen LogP contribution < -0.4 is 16.4 Å². The summed E-state index contributed by atoms with van der Waals surface area (Å²) in [6.45, 7) is 0.164. The Balaban J connectivity index is 1.56. The van der Waals surface area contributed by atoms with Crippen LogP contribution in [0.25, 0.3) is 11.0 Å². The lowest BCUT2D eigenvalue weighted by Gasteiger charge is -2.18. The highest BCUT2D eigenvalue weighted by Gasteiger charge is 2.19. The van der Waals surface area contributed by atoms with E-state index in [1.807, 2.05) is 29.8 Å². The molecule has 1 aromatic carbocycles. The van der Waals surface area contributed by atoms with Gasteiger partial charge in [0.05, 0.1) is 17.4 Å². The second kappa shape index (κ2) is 7.79. The maximum Gasteiger partial charge on any atom is 0.264 e. The predicted octanol–water partition coefficient (Wildman–Crippen LogP) is 3.94. The third-order valence-electron chi connectivity index (χ3n) is 4.39. The number of carbonyl (C=O) groups is 1. The molecule has 0 aliphatic carbocycles. The van der Waals surface area contributed by atoms with Gasteiger partial charge in [-0.15, -0.1) is 11.3 Å². The summed E-state index contributed by atoms with van der Waals surface area (Å²) >= 11 is 1.32. The number of anilines is 2. The number of fused-ring (bicyclic) bond motifs is 1. The van der Waals surface area contributed by atoms with Gasteiger partial charge in [-0.05, 0) is 41.3 Å². The monoisotopic (exact) mass is 395 g/mol. The topological polar surface area (TPSA) is 95.8 Å². The molecule has 0 saturated heterocycles. The standard InChI is InChI=1S/C20H18FN5OS/c21-13-3-1-2-12(10-13)17(11-22)26-20(27)18-16(6-9-28-18)25-15-5-8-24-19-14(15)4-7-23-19/h1-10,17H,11,22H2,(H,26,27)(H2,23,24,25). The number of hydrogen-bond acceptors (Lipinski definition) is 5. The van der Waals surface area contributed by atoms with Crippen LogP contribution in [0.5, 0.6) is 0 Å². The Hall–Kier alpha value is -3.23. The summed E-state index contributed by atoms with van der Waals surface area (Å²) in [6.07, 6.45) is 3.51. The minimum Gasteiger partial charge on any atom is -0.354 e. The van der Waals surface area contributed by atoms with E-state index in [9.17, 15) is 9.18 Å². The van der Waals surface area contributed by atoms with Gasteiger partial charge in [0.1, 0.15) is 16.3 Å². The Bertz CT molecular complexity index is 1120. The van der Waals surface area contributed by atoms with E-state index in [1.54, 1.807) is 18.3 Å². The zero-order valence-corrected chi connectivity index (χ0v) is 15.6. The third kappa shape index (κ3) is 3.60. The van der Waals surface area contributed by atoms with E-state index in [1.165, 1.54) is 23.5 Å². The quantitative estimate of drug-likeness (QED) is 0.398. The zero-order chi connectivity index (χ0) is 19.5. The number of aromatic amines is 1. The number of rotatable bonds is 6. The van der Waals surface area contributed by atoms with E-state index in [-0.39, 0.29) is 18.3 Å². The van der Waals surface area contributed by atoms with Gasteiger partial charge in [-0.1, -0.05) is 12.1 Å². The molecule has 5 N–H and O–H groups in total. The van der Waals surface area contributed by atoms with Gasteiger partial charge in [0.15, 0.2) is 0 Å². The van der Waals surface area contributed by atoms with Crippen LogP contribution >= 0.6 is 11.3 Å². The molecule has 1 unspecified atom stereocenters. The van der Waals surface area contributed by atoms with Crippen molar-refractivity contribution < 1.29 is 9.18 Å². The molecule has 1 amide bonds. The molecular formula is C20H18FN5OS. The van der Waals surface area contributed by atoms with Crippen LogP contribution in [0.2, 0.25) is 0 Å². The Morgan fingerprint density at radius 2 is 2.14 bits per heavy atom. The first-order valence-electron chi connectivity index (χ1n) is 8.68.